The van der Waals surface area contributed by atoms with Crippen molar-refractivity contribution < 1.29 is 9.59 Å². The summed E-state index contributed by atoms with van der Waals surface area (Å²) in [4.78, 5) is 23.5. The molecule has 1 aromatic carbocycles. The van der Waals surface area contributed by atoms with Gasteiger partial charge in [0.15, 0.2) is 0 Å². The lowest BCUT2D eigenvalue weighted by molar-refractivity contribution is -0.122. The molecule has 1 fully saturated rings. The first kappa shape index (κ1) is 12.3. The Kier molecular flexibility index (Phi) is 3.31. The predicted octanol–water partition coefficient (Wildman–Crippen LogP) is 2.03. The van der Waals surface area contributed by atoms with E-state index in [0.29, 0.717) is 10.8 Å². The molecular weight excluding hydrogens is 260 g/mol. The molecule has 1 saturated heterocycles. The van der Waals surface area contributed by atoms with Crippen molar-refractivity contribution in [2.45, 2.75) is 17.4 Å². The van der Waals surface area contributed by atoms with Gasteiger partial charge in [0.25, 0.3) is 5.91 Å². The number of benzene rings is 1. The molecule has 0 spiro atoms. The van der Waals surface area contributed by atoms with E-state index in [1.54, 1.807) is 13.0 Å². The fourth-order valence-electron chi connectivity index (χ4n) is 1.47. The summed E-state index contributed by atoms with van der Waals surface area (Å²) in [5.41, 5.74) is -0.874. The first-order valence-corrected chi connectivity index (χ1v) is 6.38. The lowest BCUT2D eigenvalue weighted by Gasteiger charge is -2.19. The average molecular weight is 271 g/mol. The van der Waals surface area contributed by atoms with Gasteiger partial charge >= 0.3 is 6.03 Å². The van der Waals surface area contributed by atoms with Gasteiger partial charge in [0.2, 0.25) is 0 Å². The topological polar surface area (TPSA) is 58.2 Å². The first-order valence-electron chi connectivity index (χ1n) is 5.02. The highest BCUT2D eigenvalue weighted by Crippen LogP contribution is 2.29. The smallest absolute Gasteiger partial charge is 0.322 e. The Morgan fingerprint density at radius 2 is 2.06 bits per heavy atom. The highest BCUT2D eigenvalue weighted by Gasteiger charge is 2.41. The van der Waals surface area contributed by atoms with Crippen LogP contribution in [-0.2, 0) is 4.79 Å². The molecule has 0 aromatic heterocycles. The van der Waals surface area contributed by atoms with Crippen LogP contribution in [0.2, 0.25) is 5.02 Å². The van der Waals surface area contributed by atoms with E-state index in [1.165, 1.54) is 11.8 Å². The van der Waals surface area contributed by atoms with Gasteiger partial charge in [-0.15, -0.1) is 11.8 Å². The maximum atomic E-state index is 11.6. The van der Waals surface area contributed by atoms with Crippen molar-refractivity contribution in [1.29, 1.82) is 0 Å². The monoisotopic (exact) mass is 270 g/mol. The molecule has 1 aromatic rings. The zero-order valence-corrected chi connectivity index (χ0v) is 10.7. The molecule has 0 bridgehead atoms. The van der Waals surface area contributed by atoms with E-state index < -0.39 is 11.6 Å². The van der Waals surface area contributed by atoms with E-state index in [2.05, 4.69) is 10.6 Å². The molecule has 0 unspecified atom stereocenters. The third-order valence-electron chi connectivity index (χ3n) is 2.47. The van der Waals surface area contributed by atoms with E-state index in [1.807, 2.05) is 18.2 Å². The van der Waals surface area contributed by atoms with Crippen LogP contribution in [0.25, 0.3) is 0 Å². The summed E-state index contributed by atoms with van der Waals surface area (Å²) in [6, 6.07) is 6.95. The highest BCUT2D eigenvalue weighted by molar-refractivity contribution is 7.99. The molecule has 1 heterocycles. The highest BCUT2D eigenvalue weighted by atomic mass is 35.5. The second-order valence-electron chi connectivity index (χ2n) is 3.96. The van der Waals surface area contributed by atoms with Crippen molar-refractivity contribution in [3.63, 3.8) is 0 Å². The van der Waals surface area contributed by atoms with Crippen molar-refractivity contribution in [3.8, 4) is 0 Å². The van der Waals surface area contributed by atoms with Crippen LogP contribution in [0, 0.1) is 0 Å². The summed E-state index contributed by atoms with van der Waals surface area (Å²) in [7, 11) is 0. The van der Waals surface area contributed by atoms with Gasteiger partial charge < -0.3 is 5.32 Å². The molecule has 0 aliphatic carbocycles. The Balaban J connectivity index is 2.06. The number of urea groups is 1. The SMILES string of the molecule is C[C@@]1(CSc2ccccc2Cl)NC(=O)NC1=O. The minimum atomic E-state index is -0.874. The molecule has 1 atom stereocenters. The maximum Gasteiger partial charge on any atom is 0.322 e. The first-order chi connectivity index (χ1) is 8.01. The minimum absolute atomic E-state index is 0.304. The normalized spacial score (nSPS) is 23.4. The van der Waals surface area contributed by atoms with Crippen LogP contribution in [0.4, 0.5) is 4.79 Å². The summed E-state index contributed by atoms with van der Waals surface area (Å²) >= 11 is 7.45. The van der Waals surface area contributed by atoms with E-state index in [9.17, 15) is 9.59 Å². The summed E-state index contributed by atoms with van der Waals surface area (Å²) in [5.74, 6) is 0.135. The van der Waals surface area contributed by atoms with Crippen LogP contribution in [0.1, 0.15) is 6.92 Å². The summed E-state index contributed by atoms with van der Waals surface area (Å²) in [5, 5.41) is 5.47. The molecule has 17 heavy (non-hydrogen) atoms. The average Bonchev–Trinajstić information content (AvgIpc) is 2.52. The molecule has 0 radical (unpaired) electrons. The lowest BCUT2D eigenvalue weighted by atomic mass is 10.1. The van der Waals surface area contributed by atoms with E-state index >= 15 is 0 Å². The number of rotatable bonds is 3. The zero-order valence-electron chi connectivity index (χ0n) is 9.12. The number of carbonyl (C=O) groups is 2. The number of hydrogen-bond acceptors (Lipinski definition) is 3. The number of carbonyl (C=O) groups excluding carboxylic acids is 2. The van der Waals surface area contributed by atoms with Crippen LogP contribution >= 0.6 is 23.4 Å². The Morgan fingerprint density at radius 1 is 1.35 bits per heavy atom. The molecule has 0 saturated carbocycles. The second-order valence-corrected chi connectivity index (χ2v) is 5.38. The van der Waals surface area contributed by atoms with Crippen molar-refractivity contribution in [2.24, 2.45) is 0 Å². The number of nitrogens with one attached hydrogen (secondary N) is 2. The second kappa shape index (κ2) is 4.58. The van der Waals surface area contributed by atoms with E-state index in [4.69, 9.17) is 11.6 Å². The molecule has 90 valence electrons. The molecule has 1 aliphatic heterocycles. The van der Waals surface area contributed by atoms with Crippen LogP contribution in [0.15, 0.2) is 29.2 Å². The lowest BCUT2D eigenvalue weighted by Crippen LogP contribution is -2.46. The van der Waals surface area contributed by atoms with E-state index in [-0.39, 0.29) is 5.91 Å². The van der Waals surface area contributed by atoms with Gasteiger partial charge in [0.1, 0.15) is 5.54 Å². The Labute approximate surface area is 108 Å². The third-order valence-corrected chi connectivity index (χ3v) is 4.30. The third kappa shape index (κ3) is 2.56. The van der Waals surface area contributed by atoms with Crippen molar-refractivity contribution in [2.75, 3.05) is 5.75 Å². The summed E-state index contributed by atoms with van der Waals surface area (Å²) in [6.45, 7) is 1.69. The van der Waals surface area contributed by atoms with Gasteiger partial charge in [-0.1, -0.05) is 23.7 Å². The molecule has 2 N–H and O–H groups in total. The number of halogens is 1. The largest absolute Gasteiger partial charge is 0.323 e. The van der Waals surface area contributed by atoms with E-state index in [0.717, 1.165) is 4.90 Å². The van der Waals surface area contributed by atoms with Crippen LogP contribution in [-0.4, -0.2) is 23.2 Å². The van der Waals surface area contributed by atoms with Crippen LogP contribution in [0.5, 0.6) is 0 Å². The number of imide groups is 1. The Hall–Kier alpha value is -1.20. The van der Waals surface area contributed by atoms with Gasteiger partial charge in [0.05, 0.1) is 5.02 Å². The summed E-state index contributed by atoms with van der Waals surface area (Å²) in [6.07, 6.45) is 0. The minimum Gasteiger partial charge on any atom is -0.323 e. The van der Waals surface area contributed by atoms with Gasteiger partial charge in [-0.2, -0.15) is 0 Å². The Morgan fingerprint density at radius 3 is 2.65 bits per heavy atom. The van der Waals surface area contributed by atoms with Crippen LogP contribution < -0.4 is 10.6 Å². The number of amides is 3. The molecule has 1 aliphatic rings. The molecule has 3 amide bonds. The van der Waals surface area contributed by atoms with Crippen LogP contribution in [0.3, 0.4) is 0 Å². The maximum absolute atomic E-state index is 11.6. The van der Waals surface area contributed by atoms with Crippen molar-refractivity contribution in [3.05, 3.63) is 29.3 Å². The fourth-order valence-corrected chi connectivity index (χ4v) is 2.79. The number of thioether (sulfide) groups is 1. The molecule has 6 heteroatoms. The Bertz CT molecular complexity index is 480. The van der Waals surface area contributed by atoms with Gasteiger partial charge in [-0.3, -0.25) is 10.1 Å². The van der Waals surface area contributed by atoms with Gasteiger partial charge in [-0.05, 0) is 19.1 Å². The standard InChI is InChI=1S/C11H11ClN2O2S/c1-11(9(15)13-10(16)14-11)6-17-8-5-3-2-4-7(8)12/h2-5H,6H2,1H3,(H2,13,14,15,16)/t11-/m0/s1. The quantitative estimate of drug-likeness (QED) is 0.653. The number of hydrogen-bond donors (Lipinski definition) is 2. The van der Waals surface area contributed by atoms with Gasteiger partial charge in [0, 0.05) is 10.6 Å². The predicted molar refractivity (Wildman–Crippen MR) is 67.3 cm³/mol. The molecule has 2 rings (SSSR count). The van der Waals surface area contributed by atoms with Crippen molar-refractivity contribution >= 4 is 35.3 Å². The fraction of sp³-hybridized carbons (Fsp3) is 0.273. The summed E-state index contributed by atoms with van der Waals surface area (Å²) < 4.78 is 0. The van der Waals surface area contributed by atoms with Gasteiger partial charge in [-0.25, -0.2) is 4.79 Å². The van der Waals surface area contributed by atoms with Crippen molar-refractivity contribution in [1.82, 2.24) is 10.6 Å². The molecule has 4 nitrogen and oxygen atoms in total. The zero-order chi connectivity index (χ0) is 12.5. The molecular formula is C11H11ClN2O2S.